The molecule has 2 aliphatic heterocycles. The van der Waals surface area contributed by atoms with Gasteiger partial charge in [0.2, 0.25) is 5.95 Å². The second-order valence-corrected chi connectivity index (χ2v) is 9.53. The second-order valence-electron chi connectivity index (χ2n) is 9.53. The van der Waals surface area contributed by atoms with Crippen LogP contribution >= 0.6 is 0 Å². The van der Waals surface area contributed by atoms with Crippen molar-refractivity contribution in [1.29, 1.82) is 0 Å². The Bertz CT molecular complexity index is 1190. The van der Waals surface area contributed by atoms with Crippen LogP contribution < -0.4 is 15.1 Å². The molecule has 9 heteroatoms. The van der Waals surface area contributed by atoms with Crippen LogP contribution in [0.25, 0.3) is 10.8 Å². The van der Waals surface area contributed by atoms with Gasteiger partial charge in [-0.25, -0.2) is 14.4 Å². The lowest BCUT2D eigenvalue weighted by Crippen LogP contribution is -2.52. The van der Waals surface area contributed by atoms with Gasteiger partial charge < -0.3 is 25.3 Å². The van der Waals surface area contributed by atoms with Crippen LogP contribution in [0.5, 0.6) is 0 Å². The average molecular weight is 467 g/mol. The van der Waals surface area contributed by atoms with Crippen molar-refractivity contribution in [1.82, 2.24) is 15.0 Å². The molecule has 0 bridgehead atoms. The summed E-state index contributed by atoms with van der Waals surface area (Å²) >= 11 is 0. The van der Waals surface area contributed by atoms with Gasteiger partial charge in [-0.15, -0.1) is 0 Å². The van der Waals surface area contributed by atoms with Gasteiger partial charge in [-0.1, -0.05) is 6.07 Å². The molecule has 3 N–H and O–H groups in total. The monoisotopic (exact) mass is 466 g/mol. The molecule has 3 aromatic rings. The highest BCUT2D eigenvalue weighted by molar-refractivity contribution is 5.97. The average Bonchev–Trinajstić information content (AvgIpc) is 2.81. The quantitative estimate of drug-likeness (QED) is 0.510. The highest BCUT2D eigenvalue weighted by Gasteiger charge is 2.39. The highest BCUT2D eigenvalue weighted by atomic mass is 19.1. The maximum Gasteiger partial charge on any atom is 0.227 e. The Balaban J connectivity index is 1.43. The van der Waals surface area contributed by atoms with Gasteiger partial charge in [-0.3, -0.25) is 0 Å². The molecule has 2 saturated heterocycles. The maximum absolute atomic E-state index is 14.6. The number of fused-ring (bicyclic) bond motifs is 1. The minimum Gasteiger partial charge on any atom is -0.396 e. The minimum absolute atomic E-state index is 0.0358. The van der Waals surface area contributed by atoms with E-state index in [9.17, 15) is 14.6 Å². The van der Waals surface area contributed by atoms with E-state index in [1.54, 1.807) is 17.2 Å². The van der Waals surface area contributed by atoms with E-state index in [0.717, 1.165) is 22.9 Å². The molecule has 0 radical (unpaired) electrons. The highest BCUT2D eigenvalue weighted by Crippen LogP contribution is 2.36. The predicted molar refractivity (Wildman–Crippen MR) is 132 cm³/mol. The fourth-order valence-corrected chi connectivity index (χ4v) is 4.82. The van der Waals surface area contributed by atoms with E-state index in [1.165, 1.54) is 19.0 Å². The molecule has 2 fully saturated rings. The number of nitrogens with one attached hydrogen (secondary N) is 1. The molecule has 0 unspecified atom stereocenters. The van der Waals surface area contributed by atoms with E-state index < -0.39 is 11.8 Å². The van der Waals surface area contributed by atoms with Crippen molar-refractivity contribution >= 4 is 34.0 Å². The van der Waals surface area contributed by atoms with Crippen LogP contribution in [0, 0.1) is 0 Å². The molecule has 8 nitrogen and oxygen atoms in total. The number of aromatic nitrogens is 3. The van der Waals surface area contributed by atoms with Crippen molar-refractivity contribution in [2.45, 2.75) is 50.9 Å². The van der Waals surface area contributed by atoms with Crippen molar-refractivity contribution in [3.63, 3.8) is 0 Å². The molecule has 0 spiro atoms. The predicted octanol–water partition coefficient (Wildman–Crippen LogP) is 3.20. The van der Waals surface area contributed by atoms with Crippen LogP contribution in [0.2, 0.25) is 0 Å². The Kier molecular flexibility index (Phi) is 5.99. The van der Waals surface area contributed by atoms with Gasteiger partial charge in [-0.2, -0.15) is 4.98 Å². The molecule has 2 aliphatic rings. The standard InChI is InChI=1S/C25H31FN6O2/c1-16-6-11-32(16)20-4-3-17(8-12-33)18-13-23(28-14-19(18)20)29-22-5-9-27-24(30-22)31-10-7-21(34)25(2,26)15-31/h3-5,9,13-14,16,21,33-34H,6-8,10-12,15H2,1-2H3,(H,27,28,29,30)/t16-,21-,25+/m1/s1. The third-order valence-corrected chi connectivity index (χ3v) is 7.03. The number of alkyl halides is 1. The van der Waals surface area contributed by atoms with Crippen LogP contribution in [0.15, 0.2) is 36.7 Å². The van der Waals surface area contributed by atoms with E-state index in [0.29, 0.717) is 43.0 Å². The van der Waals surface area contributed by atoms with E-state index in [2.05, 4.69) is 44.2 Å². The lowest BCUT2D eigenvalue weighted by Gasteiger charge is -2.41. The number of aliphatic hydroxyl groups excluding tert-OH is 2. The van der Waals surface area contributed by atoms with Gasteiger partial charge in [-0.05, 0) is 62.3 Å². The second kappa shape index (κ2) is 8.96. The molecule has 2 aromatic heterocycles. The van der Waals surface area contributed by atoms with Crippen molar-refractivity contribution in [3.05, 3.63) is 42.2 Å². The number of aliphatic hydroxyl groups is 2. The van der Waals surface area contributed by atoms with Crippen LogP contribution in [-0.2, 0) is 6.42 Å². The van der Waals surface area contributed by atoms with Gasteiger partial charge in [0.05, 0.1) is 12.6 Å². The van der Waals surface area contributed by atoms with Crippen molar-refractivity contribution in [2.75, 3.05) is 41.4 Å². The summed E-state index contributed by atoms with van der Waals surface area (Å²) in [6.07, 6.45) is 4.60. The van der Waals surface area contributed by atoms with Gasteiger partial charge in [0.15, 0.2) is 5.67 Å². The number of anilines is 4. The molecular weight excluding hydrogens is 435 g/mol. The van der Waals surface area contributed by atoms with Crippen LogP contribution in [0.1, 0.15) is 32.3 Å². The number of hydrogen-bond acceptors (Lipinski definition) is 8. The third kappa shape index (κ3) is 4.25. The molecule has 4 heterocycles. The first-order chi connectivity index (χ1) is 16.4. The Morgan fingerprint density at radius 3 is 2.71 bits per heavy atom. The zero-order valence-electron chi connectivity index (χ0n) is 19.6. The minimum atomic E-state index is -1.71. The summed E-state index contributed by atoms with van der Waals surface area (Å²) in [7, 11) is 0. The topological polar surface area (TPSA) is 97.6 Å². The van der Waals surface area contributed by atoms with E-state index in [-0.39, 0.29) is 13.2 Å². The van der Waals surface area contributed by atoms with Crippen molar-refractivity contribution in [2.24, 2.45) is 0 Å². The summed E-state index contributed by atoms with van der Waals surface area (Å²) in [5.74, 6) is 1.60. The first kappa shape index (κ1) is 22.7. The number of hydrogen-bond donors (Lipinski definition) is 3. The lowest BCUT2D eigenvalue weighted by molar-refractivity contribution is -0.00860. The molecule has 34 heavy (non-hydrogen) atoms. The number of pyridine rings is 1. The Morgan fingerprint density at radius 1 is 1.15 bits per heavy atom. The van der Waals surface area contributed by atoms with Gasteiger partial charge >= 0.3 is 0 Å². The zero-order chi connectivity index (χ0) is 23.9. The van der Waals surface area contributed by atoms with Gasteiger partial charge in [0.25, 0.3) is 0 Å². The van der Waals surface area contributed by atoms with Gasteiger partial charge in [0, 0.05) is 49.2 Å². The van der Waals surface area contributed by atoms with Crippen LogP contribution in [0.3, 0.4) is 0 Å². The van der Waals surface area contributed by atoms with Crippen LogP contribution in [0.4, 0.5) is 27.7 Å². The fraction of sp³-hybridized carbons (Fsp3) is 0.480. The zero-order valence-corrected chi connectivity index (χ0v) is 19.6. The van der Waals surface area contributed by atoms with E-state index in [1.807, 2.05) is 12.3 Å². The number of nitrogens with zero attached hydrogens (tertiary/aromatic N) is 5. The van der Waals surface area contributed by atoms with Crippen molar-refractivity contribution < 1.29 is 14.6 Å². The summed E-state index contributed by atoms with van der Waals surface area (Å²) in [6, 6.07) is 8.46. The molecule has 3 atom stereocenters. The summed E-state index contributed by atoms with van der Waals surface area (Å²) in [5.41, 5.74) is 0.525. The summed E-state index contributed by atoms with van der Waals surface area (Å²) in [4.78, 5) is 17.6. The molecule has 0 amide bonds. The first-order valence-corrected chi connectivity index (χ1v) is 11.9. The molecular formula is C25H31FN6O2. The Morgan fingerprint density at radius 2 is 2.00 bits per heavy atom. The molecule has 180 valence electrons. The third-order valence-electron chi connectivity index (χ3n) is 7.03. The summed E-state index contributed by atoms with van der Waals surface area (Å²) in [6.45, 7) is 5.26. The van der Waals surface area contributed by atoms with E-state index >= 15 is 0 Å². The smallest absolute Gasteiger partial charge is 0.227 e. The maximum atomic E-state index is 14.6. The number of halogens is 1. The SMILES string of the molecule is C[C@@H]1CCN1c1ccc(CCO)c2cc(Nc3ccnc(N4CC[C@@H](O)[C@@](C)(F)C4)n3)ncc12. The summed E-state index contributed by atoms with van der Waals surface area (Å²) < 4.78 is 14.6. The summed E-state index contributed by atoms with van der Waals surface area (Å²) in [5, 5.41) is 24.8. The number of piperidine rings is 1. The first-order valence-electron chi connectivity index (χ1n) is 11.9. The number of rotatable bonds is 6. The normalized spacial score (nSPS) is 24.9. The van der Waals surface area contributed by atoms with Crippen molar-refractivity contribution in [3.8, 4) is 0 Å². The van der Waals surface area contributed by atoms with Gasteiger partial charge in [0.1, 0.15) is 11.6 Å². The lowest BCUT2D eigenvalue weighted by atomic mass is 9.94. The molecule has 1 aromatic carbocycles. The van der Waals surface area contributed by atoms with Crippen LogP contribution in [-0.4, -0.2) is 69.2 Å². The number of benzene rings is 1. The Labute approximate surface area is 198 Å². The van der Waals surface area contributed by atoms with E-state index in [4.69, 9.17) is 0 Å². The molecule has 0 aliphatic carbocycles. The molecule has 5 rings (SSSR count). The Hall–Kier alpha value is -3.04. The molecule has 0 saturated carbocycles. The largest absolute Gasteiger partial charge is 0.396 e. The fourth-order valence-electron chi connectivity index (χ4n) is 4.82.